The molecule has 132 valence electrons. The highest BCUT2D eigenvalue weighted by Crippen LogP contribution is 2.27. The molecule has 0 spiro atoms. The fraction of sp³-hybridized carbons (Fsp3) is 0.176. The van der Waals surface area contributed by atoms with Crippen LogP contribution in [0.5, 0.6) is 5.75 Å². The van der Waals surface area contributed by atoms with E-state index < -0.39 is 0 Å². The van der Waals surface area contributed by atoms with Gasteiger partial charge in [0.1, 0.15) is 5.75 Å². The normalized spacial score (nSPS) is 10.5. The Labute approximate surface area is 170 Å². The molecule has 0 aliphatic carbocycles. The van der Waals surface area contributed by atoms with Crippen LogP contribution in [0, 0.1) is 0 Å². The average Bonchev–Trinajstić information content (AvgIpc) is 2.51. The third-order valence-corrected chi connectivity index (χ3v) is 4.33. The predicted octanol–water partition coefficient (Wildman–Crippen LogP) is 5.67. The summed E-state index contributed by atoms with van der Waals surface area (Å²) >= 11 is 20.5. The minimum atomic E-state index is -0.348. The van der Waals surface area contributed by atoms with Crippen molar-refractivity contribution in [3.05, 3.63) is 56.5 Å². The highest BCUT2D eigenvalue weighted by Gasteiger charge is 2.12. The number of carbonyl (C=O) groups is 1. The van der Waals surface area contributed by atoms with E-state index in [1.807, 2.05) is 13.8 Å². The largest absolute Gasteiger partial charge is 0.490 e. The lowest BCUT2D eigenvalue weighted by Crippen LogP contribution is -2.34. The second kappa shape index (κ2) is 8.85. The summed E-state index contributed by atoms with van der Waals surface area (Å²) < 4.78 is 6.31. The quantitative estimate of drug-likeness (QED) is 0.576. The number of anilines is 1. The number of rotatable bonds is 4. The van der Waals surface area contributed by atoms with Crippen molar-refractivity contribution < 1.29 is 9.53 Å². The van der Waals surface area contributed by atoms with Gasteiger partial charge >= 0.3 is 0 Å². The van der Waals surface area contributed by atoms with Crippen molar-refractivity contribution >= 4 is 68.1 Å². The Morgan fingerprint density at radius 1 is 1.20 bits per heavy atom. The molecule has 2 aromatic rings. The summed E-state index contributed by atoms with van der Waals surface area (Å²) in [5.41, 5.74) is 0.993. The van der Waals surface area contributed by atoms with Gasteiger partial charge in [-0.2, -0.15) is 0 Å². The first kappa shape index (κ1) is 20.0. The summed E-state index contributed by atoms with van der Waals surface area (Å²) in [6, 6.07) is 10.00. The molecule has 2 N–H and O–H groups in total. The summed E-state index contributed by atoms with van der Waals surface area (Å²) in [4.78, 5) is 12.3. The fourth-order valence-corrected chi connectivity index (χ4v) is 3.04. The molecule has 0 bridgehead atoms. The molecule has 0 unspecified atom stereocenters. The van der Waals surface area contributed by atoms with Crippen LogP contribution in [0.15, 0.2) is 40.9 Å². The first-order valence-corrected chi connectivity index (χ1v) is 9.25. The number of amides is 1. The molecule has 0 aliphatic heterocycles. The van der Waals surface area contributed by atoms with Crippen LogP contribution >= 0.6 is 51.3 Å². The molecule has 0 fully saturated rings. The van der Waals surface area contributed by atoms with E-state index in [0.717, 1.165) is 0 Å². The zero-order valence-electron chi connectivity index (χ0n) is 13.4. The molecular formula is C17H15BrCl2N2O2S. The number of hydrogen-bond acceptors (Lipinski definition) is 3. The van der Waals surface area contributed by atoms with Gasteiger partial charge in [-0.1, -0.05) is 23.2 Å². The van der Waals surface area contributed by atoms with Crippen LogP contribution in [0.25, 0.3) is 0 Å². The molecule has 0 saturated heterocycles. The molecule has 0 aliphatic rings. The lowest BCUT2D eigenvalue weighted by molar-refractivity contribution is 0.0977. The topological polar surface area (TPSA) is 50.4 Å². The lowest BCUT2D eigenvalue weighted by Gasteiger charge is -2.13. The summed E-state index contributed by atoms with van der Waals surface area (Å²) in [6.07, 6.45) is 0.0388. The van der Waals surface area contributed by atoms with Crippen molar-refractivity contribution in [2.75, 3.05) is 5.32 Å². The fourth-order valence-electron chi connectivity index (χ4n) is 1.91. The van der Waals surface area contributed by atoms with Crippen LogP contribution in [0.3, 0.4) is 0 Å². The van der Waals surface area contributed by atoms with Crippen LogP contribution in [0.2, 0.25) is 10.0 Å². The van der Waals surface area contributed by atoms with Crippen molar-refractivity contribution in [2.24, 2.45) is 0 Å². The molecular weight excluding hydrogens is 447 g/mol. The van der Waals surface area contributed by atoms with E-state index in [0.29, 0.717) is 31.5 Å². The average molecular weight is 462 g/mol. The van der Waals surface area contributed by atoms with E-state index >= 15 is 0 Å². The van der Waals surface area contributed by atoms with Crippen molar-refractivity contribution in [2.45, 2.75) is 20.0 Å². The summed E-state index contributed by atoms with van der Waals surface area (Å²) in [5, 5.41) is 6.51. The Morgan fingerprint density at radius 3 is 2.52 bits per heavy atom. The highest BCUT2D eigenvalue weighted by molar-refractivity contribution is 9.10. The van der Waals surface area contributed by atoms with Crippen LogP contribution in [0.4, 0.5) is 5.69 Å². The Kier molecular flexibility index (Phi) is 7.07. The van der Waals surface area contributed by atoms with Crippen LogP contribution in [-0.4, -0.2) is 17.1 Å². The second-order valence-electron chi connectivity index (χ2n) is 5.34. The van der Waals surface area contributed by atoms with E-state index in [9.17, 15) is 4.79 Å². The van der Waals surface area contributed by atoms with Gasteiger partial charge in [-0.25, -0.2) is 0 Å². The van der Waals surface area contributed by atoms with E-state index in [-0.39, 0.29) is 17.1 Å². The van der Waals surface area contributed by atoms with E-state index in [4.69, 9.17) is 40.2 Å². The molecule has 0 atom stereocenters. The summed E-state index contributed by atoms with van der Waals surface area (Å²) in [6.45, 7) is 3.86. The number of thiocarbonyl (C=S) groups is 1. The van der Waals surface area contributed by atoms with Gasteiger partial charge in [-0.05, 0) is 78.4 Å². The maximum atomic E-state index is 12.3. The third-order valence-electron chi connectivity index (χ3n) is 2.96. The van der Waals surface area contributed by atoms with Crippen LogP contribution in [-0.2, 0) is 0 Å². The number of ether oxygens (including phenoxy) is 1. The number of carbonyl (C=O) groups excluding carboxylic acids is 1. The minimum absolute atomic E-state index is 0.0388. The standard InChI is InChI=1S/C17H15BrCl2N2O2S/c1-9(2)24-15-6-3-10(7-12(15)18)16(23)22-17(25)21-14-5-4-11(19)8-13(14)20/h3-9H,1-2H3,(H2,21,22,23,25). The van der Waals surface area contributed by atoms with Crippen molar-refractivity contribution in [1.82, 2.24) is 5.32 Å². The zero-order valence-corrected chi connectivity index (χ0v) is 17.3. The summed E-state index contributed by atoms with van der Waals surface area (Å²) in [5.74, 6) is 0.319. The predicted molar refractivity (Wildman–Crippen MR) is 110 cm³/mol. The molecule has 0 heterocycles. The van der Waals surface area contributed by atoms with Crippen LogP contribution in [0.1, 0.15) is 24.2 Å². The van der Waals surface area contributed by atoms with Crippen molar-refractivity contribution in [3.63, 3.8) is 0 Å². The number of halogens is 3. The number of benzene rings is 2. The van der Waals surface area contributed by atoms with Gasteiger partial charge in [-0.3, -0.25) is 10.1 Å². The van der Waals surface area contributed by atoms with Crippen LogP contribution < -0.4 is 15.4 Å². The van der Waals surface area contributed by atoms with Gasteiger partial charge in [-0.15, -0.1) is 0 Å². The van der Waals surface area contributed by atoms with Gasteiger partial charge in [0.2, 0.25) is 0 Å². The molecule has 1 amide bonds. The maximum absolute atomic E-state index is 12.3. The molecule has 4 nitrogen and oxygen atoms in total. The second-order valence-corrected chi connectivity index (χ2v) is 7.45. The van der Waals surface area contributed by atoms with E-state index in [1.54, 1.807) is 36.4 Å². The molecule has 0 saturated carbocycles. The maximum Gasteiger partial charge on any atom is 0.257 e. The molecule has 0 aromatic heterocycles. The van der Waals surface area contributed by atoms with Gasteiger partial charge in [0.25, 0.3) is 5.91 Å². The molecule has 25 heavy (non-hydrogen) atoms. The van der Waals surface area contributed by atoms with E-state index in [2.05, 4.69) is 26.6 Å². The van der Waals surface area contributed by atoms with E-state index in [1.165, 1.54) is 0 Å². The first-order chi connectivity index (χ1) is 11.8. The smallest absolute Gasteiger partial charge is 0.257 e. The summed E-state index contributed by atoms with van der Waals surface area (Å²) in [7, 11) is 0. The highest BCUT2D eigenvalue weighted by atomic mass is 79.9. The van der Waals surface area contributed by atoms with Gasteiger partial charge in [0, 0.05) is 10.6 Å². The van der Waals surface area contributed by atoms with Crippen molar-refractivity contribution in [3.8, 4) is 5.75 Å². The van der Waals surface area contributed by atoms with Gasteiger partial charge in [0.05, 0.1) is 21.3 Å². The SMILES string of the molecule is CC(C)Oc1ccc(C(=O)NC(=S)Nc2ccc(Cl)cc2Cl)cc1Br. The Bertz CT molecular complexity index is 815. The number of nitrogens with one attached hydrogen (secondary N) is 2. The number of hydrogen-bond donors (Lipinski definition) is 2. The molecule has 2 aromatic carbocycles. The Morgan fingerprint density at radius 2 is 1.92 bits per heavy atom. The molecule has 0 radical (unpaired) electrons. The zero-order chi connectivity index (χ0) is 18.6. The first-order valence-electron chi connectivity index (χ1n) is 7.30. The van der Waals surface area contributed by atoms with Gasteiger partial charge < -0.3 is 10.1 Å². The Hall–Kier alpha value is -1.34. The third kappa shape index (κ3) is 5.85. The monoisotopic (exact) mass is 460 g/mol. The molecule has 2 rings (SSSR count). The van der Waals surface area contributed by atoms with Crippen molar-refractivity contribution in [1.29, 1.82) is 0 Å². The molecule has 8 heteroatoms. The minimum Gasteiger partial charge on any atom is -0.490 e. The lowest BCUT2D eigenvalue weighted by atomic mass is 10.2. The van der Waals surface area contributed by atoms with Gasteiger partial charge in [0.15, 0.2) is 5.11 Å². The Balaban J connectivity index is 2.03.